The molecule has 2 rings (SSSR count). The summed E-state index contributed by atoms with van der Waals surface area (Å²) in [5.41, 5.74) is -0.317. The van der Waals surface area contributed by atoms with Gasteiger partial charge in [0.25, 0.3) is 5.91 Å². The smallest absolute Gasteiger partial charge is 0.339 e. The molecule has 0 spiro atoms. The number of amides is 1. The molecule has 136 valence electrons. The zero-order valence-corrected chi connectivity index (χ0v) is 14.1. The van der Waals surface area contributed by atoms with E-state index < -0.39 is 23.4 Å². The number of ether oxygens (including phenoxy) is 2. The van der Waals surface area contributed by atoms with Crippen LogP contribution in [0.25, 0.3) is 0 Å². The molecule has 0 heterocycles. The second kappa shape index (κ2) is 8.17. The van der Waals surface area contributed by atoms with Crippen molar-refractivity contribution in [1.82, 2.24) is 0 Å². The number of nitro groups is 1. The zero-order chi connectivity index (χ0) is 19.3. The lowest BCUT2D eigenvalue weighted by Gasteiger charge is -2.12. The number of nitrogens with zero attached hydrogens (tertiary/aromatic N) is 1. The second-order valence-corrected chi connectivity index (χ2v) is 5.31. The zero-order valence-electron chi connectivity index (χ0n) is 13.4. The maximum absolute atomic E-state index is 12.0. The number of halogens is 1. The third-order valence-electron chi connectivity index (χ3n) is 3.21. The first kappa shape index (κ1) is 19.0. The number of rotatable bonds is 7. The summed E-state index contributed by atoms with van der Waals surface area (Å²) < 4.78 is 10.1. The monoisotopic (exact) mass is 380 g/mol. The highest BCUT2D eigenvalue weighted by Crippen LogP contribution is 2.31. The molecule has 0 aliphatic rings. The lowest BCUT2D eigenvalue weighted by atomic mass is 10.1. The van der Waals surface area contributed by atoms with Crippen molar-refractivity contribution in [1.29, 1.82) is 0 Å². The molecule has 1 amide bonds. The van der Waals surface area contributed by atoms with Gasteiger partial charge in [0.05, 0.1) is 22.7 Å². The summed E-state index contributed by atoms with van der Waals surface area (Å²) in [4.78, 5) is 33.4. The van der Waals surface area contributed by atoms with Crippen LogP contribution in [0.1, 0.15) is 10.4 Å². The molecule has 0 aromatic heterocycles. The van der Waals surface area contributed by atoms with Gasteiger partial charge in [0.2, 0.25) is 0 Å². The van der Waals surface area contributed by atoms with E-state index in [2.05, 4.69) is 5.32 Å². The molecule has 2 N–H and O–H groups in total. The van der Waals surface area contributed by atoms with Gasteiger partial charge in [0.1, 0.15) is 11.3 Å². The number of hydrogen-bond donors (Lipinski definition) is 2. The van der Waals surface area contributed by atoms with Gasteiger partial charge < -0.3 is 19.9 Å². The molecular weight excluding hydrogens is 368 g/mol. The molecular formula is C16H13ClN2O7. The van der Waals surface area contributed by atoms with Crippen LogP contribution in [0.3, 0.4) is 0 Å². The topological polar surface area (TPSA) is 128 Å². The Hall–Kier alpha value is -3.33. The van der Waals surface area contributed by atoms with Crippen LogP contribution in [0.2, 0.25) is 5.02 Å². The number of hydrogen-bond acceptors (Lipinski definition) is 6. The van der Waals surface area contributed by atoms with Gasteiger partial charge >= 0.3 is 11.7 Å². The number of anilines is 1. The first-order chi connectivity index (χ1) is 12.3. The first-order valence-corrected chi connectivity index (χ1v) is 7.48. The van der Waals surface area contributed by atoms with Gasteiger partial charge in [0, 0.05) is 12.1 Å². The Labute approximate surface area is 152 Å². The number of para-hydroxylation sites is 2. The normalized spacial score (nSPS) is 10.1. The van der Waals surface area contributed by atoms with E-state index in [-0.39, 0.29) is 33.5 Å². The fourth-order valence-corrected chi connectivity index (χ4v) is 2.26. The van der Waals surface area contributed by atoms with Crippen molar-refractivity contribution in [3.05, 3.63) is 57.1 Å². The summed E-state index contributed by atoms with van der Waals surface area (Å²) in [6.07, 6.45) is 0. The number of nitrogens with one attached hydrogen (secondary N) is 1. The number of carboxylic acids is 1. The Kier molecular flexibility index (Phi) is 5.97. The van der Waals surface area contributed by atoms with Gasteiger partial charge in [-0.3, -0.25) is 14.9 Å². The number of nitro benzene ring substituents is 1. The highest BCUT2D eigenvalue weighted by atomic mass is 35.5. The fourth-order valence-electron chi connectivity index (χ4n) is 2.04. The molecule has 0 radical (unpaired) electrons. The lowest BCUT2D eigenvalue weighted by Crippen LogP contribution is -2.21. The minimum absolute atomic E-state index is 0.0109. The molecule has 2 aromatic carbocycles. The Morgan fingerprint density at radius 2 is 1.96 bits per heavy atom. The highest BCUT2D eigenvalue weighted by Gasteiger charge is 2.18. The van der Waals surface area contributed by atoms with Crippen LogP contribution in [-0.2, 0) is 4.79 Å². The number of methoxy groups -OCH3 is 1. The molecule has 0 aliphatic carbocycles. The van der Waals surface area contributed by atoms with Crippen molar-refractivity contribution < 1.29 is 29.1 Å². The number of benzene rings is 2. The van der Waals surface area contributed by atoms with E-state index in [0.717, 1.165) is 6.07 Å². The van der Waals surface area contributed by atoms with Gasteiger partial charge in [-0.15, -0.1) is 0 Å². The first-order valence-electron chi connectivity index (χ1n) is 7.10. The van der Waals surface area contributed by atoms with Gasteiger partial charge in [0.15, 0.2) is 12.4 Å². The van der Waals surface area contributed by atoms with E-state index in [9.17, 15) is 19.7 Å². The van der Waals surface area contributed by atoms with E-state index in [4.69, 9.17) is 26.2 Å². The van der Waals surface area contributed by atoms with Crippen LogP contribution in [0.4, 0.5) is 11.4 Å². The lowest BCUT2D eigenvalue weighted by molar-refractivity contribution is -0.385. The third-order valence-corrected chi connectivity index (χ3v) is 3.53. The summed E-state index contributed by atoms with van der Waals surface area (Å²) in [6, 6.07) is 8.02. The Morgan fingerprint density at radius 3 is 2.58 bits per heavy atom. The maximum atomic E-state index is 12.0. The Bertz CT molecular complexity index is 870. The van der Waals surface area contributed by atoms with Crippen LogP contribution in [0.5, 0.6) is 11.5 Å². The molecule has 9 nitrogen and oxygen atoms in total. The largest absolute Gasteiger partial charge is 0.496 e. The minimum atomic E-state index is -1.23. The Morgan fingerprint density at radius 1 is 1.27 bits per heavy atom. The summed E-state index contributed by atoms with van der Waals surface area (Å²) in [7, 11) is 1.28. The van der Waals surface area contributed by atoms with Gasteiger partial charge in [-0.25, -0.2) is 4.79 Å². The van der Waals surface area contributed by atoms with Crippen molar-refractivity contribution in [2.75, 3.05) is 19.0 Å². The predicted octanol–water partition coefficient (Wildman–Crippen LogP) is 2.97. The molecule has 10 heteroatoms. The highest BCUT2D eigenvalue weighted by molar-refractivity contribution is 6.34. The molecule has 0 saturated carbocycles. The molecule has 26 heavy (non-hydrogen) atoms. The number of carbonyl (C=O) groups excluding carboxylic acids is 1. The molecule has 0 atom stereocenters. The molecule has 0 saturated heterocycles. The number of carboxylic acid groups (broad SMARTS) is 1. The summed E-state index contributed by atoms with van der Waals surface area (Å²) >= 11 is 5.97. The SMILES string of the molecule is COc1cc(NC(=O)COc2ccccc2[N+](=O)[O-])c(Cl)cc1C(=O)O. The molecule has 0 unspecified atom stereocenters. The van der Waals surface area contributed by atoms with Gasteiger partial charge in [-0.2, -0.15) is 0 Å². The van der Waals surface area contributed by atoms with Crippen LogP contribution >= 0.6 is 11.6 Å². The second-order valence-electron chi connectivity index (χ2n) is 4.90. The van der Waals surface area contributed by atoms with Crippen LogP contribution in [-0.4, -0.2) is 35.6 Å². The van der Waals surface area contributed by atoms with Crippen LogP contribution < -0.4 is 14.8 Å². The van der Waals surface area contributed by atoms with Crippen molar-refractivity contribution in [2.24, 2.45) is 0 Å². The van der Waals surface area contributed by atoms with E-state index in [1.54, 1.807) is 0 Å². The van der Waals surface area contributed by atoms with Crippen molar-refractivity contribution >= 4 is 34.9 Å². The van der Waals surface area contributed by atoms with Crippen molar-refractivity contribution in [3.8, 4) is 11.5 Å². The third kappa shape index (κ3) is 4.39. The molecule has 0 fully saturated rings. The average molecular weight is 381 g/mol. The van der Waals surface area contributed by atoms with Crippen LogP contribution in [0.15, 0.2) is 36.4 Å². The van der Waals surface area contributed by atoms with E-state index in [1.807, 2.05) is 0 Å². The summed E-state index contributed by atoms with van der Waals surface area (Å²) in [5, 5.41) is 22.4. The maximum Gasteiger partial charge on any atom is 0.339 e. The molecule has 2 aromatic rings. The molecule has 0 bridgehead atoms. The van der Waals surface area contributed by atoms with Crippen molar-refractivity contribution in [2.45, 2.75) is 0 Å². The summed E-state index contributed by atoms with van der Waals surface area (Å²) in [6.45, 7) is -0.510. The van der Waals surface area contributed by atoms with E-state index >= 15 is 0 Å². The van der Waals surface area contributed by atoms with E-state index in [1.165, 1.54) is 37.4 Å². The minimum Gasteiger partial charge on any atom is -0.496 e. The molecule has 0 aliphatic heterocycles. The summed E-state index contributed by atoms with van der Waals surface area (Å²) in [5.74, 6) is -1.93. The van der Waals surface area contributed by atoms with Gasteiger partial charge in [-0.1, -0.05) is 23.7 Å². The van der Waals surface area contributed by atoms with Crippen molar-refractivity contribution in [3.63, 3.8) is 0 Å². The quantitative estimate of drug-likeness (QED) is 0.558. The van der Waals surface area contributed by atoms with Gasteiger partial charge in [-0.05, 0) is 12.1 Å². The standard InChI is InChI=1S/C16H13ClN2O7/c1-25-14-7-11(10(17)6-9(14)16(21)22)18-15(20)8-26-13-5-3-2-4-12(13)19(23)24/h2-7H,8H2,1H3,(H,18,20)(H,21,22). The Balaban J connectivity index is 2.11. The van der Waals surface area contributed by atoms with E-state index in [0.29, 0.717) is 0 Å². The van der Waals surface area contributed by atoms with Crippen LogP contribution in [0, 0.1) is 10.1 Å². The predicted molar refractivity (Wildman–Crippen MR) is 92.2 cm³/mol. The number of aromatic carboxylic acids is 1. The average Bonchev–Trinajstić information content (AvgIpc) is 2.61. The number of carbonyl (C=O) groups is 2. The fraction of sp³-hybridized carbons (Fsp3) is 0.125.